The number of aromatic nitrogens is 1. The Morgan fingerprint density at radius 3 is 2.80 bits per heavy atom. The van der Waals surface area contributed by atoms with E-state index in [9.17, 15) is 4.79 Å². The summed E-state index contributed by atoms with van der Waals surface area (Å²) >= 11 is 0. The number of nitrogens with zero attached hydrogens (tertiary/aromatic N) is 2. The average Bonchev–Trinajstić information content (AvgIpc) is 2.77. The first-order valence-electron chi connectivity index (χ1n) is 6.57. The molecule has 0 radical (unpaired) electrons. The van der Waals surface area contributed by atoms with Gasteiger partial charge in [0.05, 0.1) is 17.4 Å². The molecule has 0 fully saturated rings. The lowest BCUT2D eigenvalue weighted by atomic mass is 10.1. The fourth-order valence-electron chi connectivity index (χ4n) is 2.45. The summed E-state index contributed by atoms with van der Waals surface area (Å²) in [6.07, 6.45) is 0. The highest BCUT2D eigenvalue weighted by molar-refractivity contribution is 6.06. The fourth-order valence-corrected chi connectivity index (χ4v) is 2.45. The maximum absolute atomic E-state index is 12.7. The molecule has 20 heavy (non-hydrogen) atoms. The van der Waals surface area contributed by atoms with Gasteiger partial charge in [0.1, 0.15) is 12.4 Å². The van der Waals surface area contributed by atoms with Crippen molar-refractivity contribution in [3.63, 3.8) is 0 Å². The predicted octanol–water partition coefficient (Wildman–Crippen LogP) is 2.72. The van der Waals surface area contributed by atoms with Gasteiger partial charge in [-0.3, -0.25) is 9.69 Å². The van der Waals surface area contributed by atoms with E-state index in [4.69, 9.17) is 9.15 Å². The van der Waals surface area contributed by atoms with Crippen molar-refractivity contribution in [3.05, 3.63) is 41.6 Å². The Bertz CT molecular complexity index is 663. The molecule has 1 amide bonds. The summed E-state index contributed by atoms with van der Waals surface area (Å²) in [6.45, 7) is 5.93. The van der Waals surface area contributed by atoms with E-state index in [0.717, 1.165) is 5.69 Å². The van der Waals surface area contributed by atoms with Gasteiger partial charge in [0.2, 0.25) is 5.76 Å². The minimum atomic E-state index is -0.175. The van der Waals surface area contributed by atoms with Crippen LogP contribution in [-0.2, 0) is 0 Å². The van der Waals surface area contributed by atoms with Gasteiger partial charge in [0.25, 0.3) is 5.91 Å². The van der Waals surface area contributed by atoms with Crippen LogP contribution in [0.15, 0.2) is 28.7 Å². The Morgan fingerprint density at radius 2 is 2.10 bits per heavy atom. The largest absolute Gasteiger partial charge is 0.489 e. The average molecular weight is 272 g/mol. The maximum Gasteiger partial charge on any atom is 0.296 e. The number of hydrogen-bond acceptors (Lipinski definition) is 4. The number of rotatable bonds is 1. The molecule has 104 valence electrons. The van der Waals surface area contributed by atoms with Gasteiger partial charge in [0.15, 0.2) is 5.89 Å². The zero-order chi connectivity index (χ0) is 14.3. The molecule has 1 aliphatic heterocycles. The quantitative estimate of drug-likeness (QED) is 0.801. The van der Waals surface area contributed by atoms with Crippen LogP contribution in [0, 0.1) is 13.8 Å². The van der Waals surface area contributed by atoms with Gasteiger partial charge >= 0.3 is 0 Å². The Hall–Kier alpha value is -2.30. The monoisotopic (exact) mass is 272 g/mol. The van der Waals surface area contributed by atoms with Crippen LogP contribution >= 0.6 is 0 Å². The van der Waals surface area contributed by atoms with Crippen molar-refractivity contribution in [2.75, 3.05) is 11.5 Å². The molecule has 3 rings (SSSR count). The lowest BCUT2D eigenvalue weighted by Gasteiger charge is -2.34. The molecule has 1 aliphatic rings. The third-order valence-electron chi connectivity index (χ3n) is 3.36. The second-order valence-corrected chi connectivity index (χ2v) is 4.95. The summed E-state index contributed by atoms with van der Waals surface area (Å²) in [7, 11) is 0. The smallest absolute Gasteiger partial charge is 0.296 e. The SMILES string of the molecule is Cc1nc(C)c(C(=O)N2c3ccccc3OCC2C)o1. The van der Waals surface area contributed by atoms with Gasteiger partial charge in [-0.2, -0.15) is 0 Å². The maximum atomic E-state index is 12.7. The van der Waals surface area contributed by atoms with Crippen LogP contribution in [0.5, 0.6) is 5.75 Å². The molecule has 1 unspecified atom stereocenters. The number of benzene rings is 1. The van der Waals surface area contributed by atoms with Crippen molar-refractivity contribution in [3.8, 4) is 5.75 Å². The predicted molar refractivity (Wildman–Crippen MR) is 74.2 cm³/mol. The first-order chi connectivity index (χ1) is 9.58. The molecule has 5 nitrogen and oxygen atoms in total. The summed E-state index contributed by atoms with van der Waals surface area (Å²) in [5.41, 5.74) is 1.38. The lowest BCUT2D eigenvalue weighted by molar-refractivity contribution is 0.0932. The van der Waals surface area contributed by atoms with E-state index in [1.54, 1.807) is 18.7 Å². The summed E-state index contributed by atoms with van der Waals surface area (Å²) in [5.74, 6) is 1.34. The zero-order valence-corrected chi connectivity index (χ0v) is 11.7. The number of fused-ring (bicyclic) bond motifs is 1. The Kier molecular flexibility index (Phi) is 2.97. The molecule has 0 spiro atoms. The van der Waals surface area contributed by atoms with Crippen molar-refractivity contribution in [2.45, 2.75) is 26.8 Å². The number of amides is 1. The molecule has 1 aromatic carbocycles. The molecule has 0 saturated heterocycles. The van der Waals surface area contributed by atoms with E-state index < -0.39 is 0 Å². The summed E-state index contributed by atoms with van der Waals surface area (Å²) in [4.78, 5) is 18.6. The number of oxazole rings is 1. The molecule has 0 bridgehead atoms. The van der Waals surface area contributed by atoms with Crippen LogP contribution in [0.25, 0.3) is 0 Å². The highest BCUT2D eigenvalue weighted by Crippen LogP contribution is 2.34. The van der Waals surface area contributed by atoms with E-state index in [2.05, 4.69) is 4.98 Å². The van der Waals surface area contributed by atoms with E-state index in [0.29, 0.717) is 29.7 Å². The van der Waals surface area contributed by atoms with E-state index >= 15 is 0 Å². The Balaban J connectivity index is 2.05. The van der Waals surface area contributed by atoms with Crippen molar-refractivity contribution < 1.29 is 13.9 Å². The third-order valence-corrected chi connectivity index (χ3v) is 3.36. The van der Waals surface area contributed by atoms with Gasteiger partial charge < -0.3 is 9.15 Å². The van der Waals surface area contributed by atoms with E-state index in [-0.39, 0.29) is 11.9 Å². The first kappa shape index (κ1) is 12.7. The van der Waals surface area contributed by atoms with Gasteiger partial charge in [-0.05, 0) is 26.0 Å². The van der Waals surface area contributed by atoms with Gasteiger partial charge in [0, 0.05) is 6.92 Å². The van der Waals surface area contributed by atoms with E-state index in [1.807, 2.05) is 31.2 Å². The van der Waals surface area contributed by atoms with Crippen molar-refractivity contribution in [1.29, 1.82) is 0 Å². The lowest BCUT2D eigenvalue weighted by Crippen LogP contribution is -2.45. The zero-order valence-electron chi connectivity index (χ0n) is 11.7. The Labute approximate surface area is 117 Å². The number of anilines is 1. The minimum absolute atomic E-state index is 0.0535. The number of carbonyl (C=O) groups is 1. The van der Waals surface area contributed by atoms with E-state index in [1.165, 1.54) is 0 Å². The second-order valence-electron chi connectivity index (χ2n) is 4.95. The molecule has 0 N–H and O–H groups in total. The molecule has 0 saturated carbocycles. The Morgan fingerprint density at radius 1 is 1.35 bits per heavy atom. The number of para-hydroxylation sites is 2. The van der Waals surface area contributed by atoms with Crippen LogP contribution in [0.4, 0.5) is 5.69 Å². The van der Waals surface area contributed by atoms with Crippen molar-refractivity contribution in [1.82, 2.24) is 4.98 Å². The van der Waals surface area contributed by atoms with Crippen LogP contribution in [0.2, 0.25) is 0 Å². The second kappa shape index (κ2) is 4.67. The third kappa shape index (κ3) is 1.95. The van der Waals surface area contributed by atoms with Crippen LogP contribution in [0.3, 0.4) is 0 Å². The first-order valence-corrected chi connectivity index (χ1v) is 6.57. The minimum Gasteiger partial charge on any atom is -0.489 e. The normalized spacial score (nSPS) is 17.6. The van der Waals surface area contributed by atoms with Crippen molar-refractivity contribution >= 4 is 11.6 Å². The molecular formula is C15H16N2O3. The molecule has 2 heterocycles. The molecule has 2 aromatic rings. The number of carbonyl (C=O) groups excluding carboxylic acids is 1. The molecule has 1 aromatic heterocycles. The summed E-state index contributed by atoms with van der Waals surface area (Å²) in [5, 5.41) is 0. The van der Waals surface area contributed by atoms with Gasteiger partial charge in [-0.25, -0.2) is 4.98 Å². The van der Waals surface area contributed by atoms with Crippen LogP contribution < -0.4 is 9.64 Å². The number of aryl methyl sites for hydroxylation is 2. The molecule has 0 aliphatic carbocycles. The molecular weight excluding hydrogens is 256 g/mol. The van der Waals surface area contributed by atoms with Crippen LogP contribution in [0.1, 0.15) is 29.1 Å². The van der Waals surface area contributed by atoms with Crippen LogP contribution in [-0.4, -0.2) is 23.5 Å². The number of ether oxygens (including phenoxy) is 1. The highest BCUT2D eigenvalue weighted by Gasteiger charge is 2.32. The number of hydrogen-bond donors (Lipinski definition) is 0. The van der Waals surface area contributed by atoms with Gasteiger partial charge in [-0.15, -0.1) is 0 Å². The van der Waals surface area contributed by atoms with Gasteiger partial charge in [-0.1, -0.05) is 12.1 Å². The highest BCUT2D eigenvalue weighted by atomic mass is 16.5. The standard InChI is InChI=1S/C15H16N2O3/c1-9-8-19-13-7-5-4-6-12(13)17(9)15(18)14-10(2)16-11(3)20-14/h4-7,9H,8H2,1-3H3. The summed E-state index contributed by atoms with van der Waals surface area (Å²) < 4.78 is 11.1. The summed E-state index contributed by atoms with van der Waals surface area (Å²) in [6, 6.07) is 7.46. The molecule has 1 atom stereocenters. The topological polar surface area (TPSA) is 55.6 Å². The van der Waals surface area contributed by atoms with Crippen molar-refractivity contribution in [2.24, 2.45) is 0 Å². The fraction of sp³-hybridized carbons (Fsp3) is 0.333. The molecule has 5 heteroatoms.